The van der Waals surface area contributed by atoms with Crippen LogP contribution in [0.2, 0.25) is 0 Å². The van der Waals surface area contributed by atoms with Gasteiger partial charge in [0.2, 0.25) is 0 Å². The van der Waals surface area contributed by atoms with Crippen LogP contribution in [0, 0.1) is 47.4 Å². The first-order valence-electron chi connectivity index (χ1n) is 41.9. The van der Waals surface area contributed by atoms with E-state index in [-0.39, 0.29) is 0 Å². The summed E-state index contributed by atoms with van der Waals surface area (Å²) in [5.41, 5.74) is 10.2. The molecule has 0 aliphatic rings. The van der Waals surface area contributed by atoms with Crippen LogP contribution in [0.25, 0.3) is 93.2 Å². The predicted octanol–water partition coefficient (Wildman–Crippen LogP) is 33.1. The number of rotatable bonds is 43. The van der Waals surface area contributed by atoms with Gasteiger partial charge in [0.15, 0.2) is 0 Å². The van der Waals surface area contributed by atoms with Gasteiger partial charge in [-0.1, -0.05) is 354 Å². The highest BCUT2D eigenvalue weighted by atomic mass is 32.1. The Morgan fingerprint density at radius 1 is 0.221 bits per heavy atom. The van der Waals surface area contributed by atoms with E-state index in [2.05, 4.69) is 210 Å². The van der Waals surface area contributed by atoms with Gasteiger partial charge in [-0.15, -0.1) is 45.3 Å². The van der Waals surface area contributed by atoms with Gasteiger partial charge in [0.05, 0.1) is 0 Å². The van der Waals surface area contributed by atoms with E-state index in [1.54, 1.807) is 0 Å². The second kappa shape index (κ2) is 45.1. The first-order valence-corrected chi connectivity index (χ1v) is 45.1. The molecular formula is C100H122S4. The lowest BCUT2D eigenvalue weighted by molar-refractivity contribution is 0.556. The molecule has 0 saturated heterocycles. The summed E-state index contributed by atoms with van der Waals surface area (Å²) >= 11 is 8.00. The second-order valence-electron chi connectivity index (χ2n) is 29.7. The molecule has 0 amide bonds. The normalized spacial score (nSPS) is 11.3. The Labute approximate surface area is 646 Å². The summed E-state index contributed by atoms with van der Waals surface area (Å²) in [6.07, 6.45) is 52.4. The van der Waals surface area contributed by atoms with Crippen LogP contribution in [0.15, 0.2) is 121 Å². The molecule has 0 bridgehead atoms. The molecular weight excluding hydrogens is 1330 g/mol. The van der Waals surface area contributed by atoms with Crippen molar-refractivity contribution in [3.05, 3.63) is 155 Å². The smallest absolute Gasteiger partial charge is 0.0481 e. The van der Waals surface area contributed by atoms with Crippen molar-refractivity contribution in [3.8, 4) is 97.5 Å². The summed E-state index contributed by atoms with van der Waals surface area (Å²) in [7, 11) is 0. The average Bonchev–Trinajstić information content (AvgIpc) is 1.09. The molecule has 10 aromatic rings. The van der Waals surface area contributed by atoms with Crippen molar-refractivity contribution in [1.82, 2.24) is 0 Å². The maximum atomic E-state index is 3.81. The monoisotopic (exact) mass is 1450 g/mol. The number of hydrogen-bond acceptors (Lipinski definition) is 4. The average molecular weight is 1450 g/mol. The van der Waals surface area contributed by atoms with Gasteiger partial charge >= 0.3 is 0 Å². The minimum Gasteiger partial charge on any atom is -0.134 e. The van der Waals surface area contributed by atoms with E-state index in [0.29, 0.717) is 0 Å². The largest absolute Gasteiger partial charge is 0.134 e. The Morgan fingerprint density at radius 2 is 0.481 bits per heavy atom. The maximum Gasteiger partial charge on any atom is 0.0481 e. The molecule has 0 aliphatic heterocycles. The molecule has 104 heavy (non-hydrogen) atoms. The lowest BCUT2D eigenvalue weighted by Crippen LogP contribution is -1.91. The van der Waals surface area contributed by atoms with Crippen molar-refractivity contribution in [2.45, 2.75) is 311 Å². The van der Waals surface area contributed by atoms with Gasteiger partial charge in [-0.25, -0.2) is 0 Å². The SMILES string of the molecule is CCCCCCC#Cc1c2ccccc2c(C#CCCCCCC)c2cc(-c3cc(CCCCCCCCCCCC)c(-c4ccc(-c5ccc(-c6sc(-c7ccc8c(C#CCCCCCC)c9ccccc9c(C#CCCCCCC)c8c7)cc6CCCCCCCCCCCC)s5)s4)s3)ccc12. The minimum absolute atomic E-state index is 0.925. The molecule has 4 aromatic heterocycles. The lowest BCUT2D eigenvalue weighted by atomic mass is 9.90. The van der Waals surface area contributed by atoms with Crippen molar-refractivity contribution in [2.75, 3.05) is 0 Å². The summed E-state index contributed by atoms with van der Waals surface area (Å²) < 4.78 is 0. The van der Waals surface area contributed by atoms with Gasteiger partial charge in [-0.05, 0) is 165 Å². The maximum absolute atomic E-state index is 3.81. The summed E-state index contributed by atoms with van der Waals surface area (Å²) in [6.45, 7) is 13.8. The second-order valence-corrected chi connectivity index (χ2v) is 34.0. The molecule has 0 aliphatic carbocycles. The van der Waals surface area contributed by atoms with Crippen LogP contribution in [0.1, 0.15) is 332 Å². The van der Waals surface area contributed by atoms with Crippen LogP contribution < -0.4 is 0 Å². The van der Waals surface area contributed by atoms with Gasteiger partial charge < -0.3 is 0 Å². The summed E-state index contributed by atoms with van der Waals surface area (Å²) in [5, 5.41) is 9.80. The van der Waals surface area contributed by atoms with Crippen LogP contribution >= 0.6 is 45.3 Å². The highest BCUT2D eigenvalue weighted by Crippen LogP contribution is 2.49. The number of fused-ring (bicyclic) bond motifs is 4. The van der Waals surface area contributed by atoms with Crippen LogP contribution in [-0.4, -0.2) is 0 Å². The fraction of sp³-hybridized carbons (Fsp3) is 0.480. The number of thiophene rings is 4. The highest BCUT2D eigenvalue weighted by Gasteiger charge is 2.22. The van der Waals surface area contributed by atoms with Crippen molar-refractivity contribution in [3.63, 3.8) is 0 Å². The summed E-state index contributed by atoms with van der Waals surface area (Å²) in [6, 6.07) is 47.3. The molecule has 546 valence electrons. The third kappa shape index (κ3) is 23.2. The topological polar surface area (TPSA) is 0 Å². The van der Waals surface area contributed by atoms with E-state index < -0.39 is 0 Å². The number of benzene rings is 6. The zero-order valence-corrected chi connectivity index (χ0v) is 68.1. The van der Waals surface area contributed by atoms with Crippen molar-refractivity contribution in [1.29, 1.82) is 0 Å². The minimum atomic E-state index is 0.925. The van der Waals surface area contributed by atoms with Crippen molar-refractivity contribution < 1.29 is 0 Å². The van der Waals surface area contributed by atoms with Gasteiger partial charge in [0.1, 0.15) is 0 Å². The Morgan fingerprint density at radius 3 is 0.788 bits per heavy atom. The molecule has 0 unspecified atom stereocenters. The van der Waals surface area contributed by atoms with E-state index in [0.717, 1.165) is 86.5 Å². The third-order valence-electron chi connectivity index (χ3n) is 21.2. The standard InChI is InChI=1S/C100H122S4/c1-7-13-19-25-31-33-35-37-39-45-55-79-75-97(77-65-67-89-85(57-47-41-27-21-15-9-3)81-61-51-53-63-83(81)87(91(89)73-77)59-49-43-29-23-17-11-5)103-99(79)95-71-69-93(101-95)94-70-72-96(102-94)100-80(56-46-40-38-36-34-32-26-20-14-8-2)76-98(104-100)78-66-68-90-86(58-48-42-28-22-16-10-4)82-62-52-54-64-84(82)88(92(90)74-78)60-50-44-30-24-18-12-6/h51-54,61-76H,7-46,55-56H2,1-6H3. The highest BCUT2D eigenvalue weighted by molar-refractivity contribution is 7.29. The molecule has 0 atom stereocenters. The molecule has 4 heterocycles. The fourth-order valence-electron chi connectivity index (χ4n) is 15.1. The van der Waals surface area contributed by atoms with Crippen LogP contribution in [0.4, 0.5) is 0 Å². The van der Waals surface area contributed by atoms with E-state index in [4.69, 9.17) is 0 Å². The van der Waals surface area contributed by atoms with Crippen molar-refractivity contribution in [2.24, 2.45) is 0 Å². The Kier molecular flexibility index (Phi) is 34.7. The molecule has 0 radical (unpaired) electrons. The summed E-state index contributed by atoms with van der Waals surface area (Å²) in [5.74, 6) is 29.8. The van der Waals surface area contributed by atoms with Crippen molar-refractivity contribution >= 4 is 88.4 Å². The van der Waals surface area contributed by atoms with Gasteiger partial charge in [0.25, 0.3) is 0 Å². The molecule has 0 nitrogen and oxygen atoms in total. The van der Waals surface area contributed by atoms with E-state index in [1.165, 1.54) is 310 Å². The van der Waals surface area contributed by atoms with E-state index in [1.807, 2.05) is 45.3 Å². The Balaban J connectivity index is 0.997. The molecule has 0 spiro atoms. The lowest BCUT2D eigenvalue weighted by Gasteiger charge is -2.12. The summed E-state index contributed by atoms with van der Waals surface area (Å²) in [4.78, 5) is 11.1. The first-order chi connectivity index (χ1) is 51.5. The first kappa shape index (κ1) is 80.0. The van der Waals surface area contributed by atoms with E-state index in [9.17, 15) is 0 Å². The Bertz CT molecular complexity index is 4240. The molecule has 0 N–H and O–H groups in total. The van der Waals surface area contributed by atoms with Crippen LogP contribution in [-0.2, 0) is 12.8 Å². The number of hydrogen-bond donors (Lipinski definition) is 0. The molecule has 4 heteroatoms. The van der Waals surface area contributed by atoms with Gasteiger partial charge in [-0.2, -0.15) is 0 Å². The molecule has 0 saturated carbocycles. The van der Waals surface area contributed by atoms with E-state index >= 15 is 0 Å². The molecule has 10 rings (SSSR count). The molecule has 0 fully saturated rings. The van der Waals surface area contributed by atoms with Gasteiger partial charge in [0, 0.05) is 87.0 Å². The number of aryl methyl sites for hydroxylation is 2. The number of unbranched alkanes of at least 4 members (excludes halogenated alkanes) is 34. The third-order valence-corrected chi connectivity index (χ3v) is 26.4. The zero-order chi connectivity index (χ0) is 72.2. The zero-order valence-electron chi connectivity index (χ0n) is 64.9. The fourth-order valence-corrected chi connectivity index (χ4v) is 19.9. The van der Waals surface area contributed by atoms with Gasteiger partial charge in [-0.3, -0.25) is 0 Å². The Hall–Kier alpha value is -6.60. The molecule has 6 aromatic carbocycles. The predicted molar refractivity (Wildman–Crippen MR) is 469 cm³/mol. The van der Waals surface area contributed by atoms with Crippen LogP contribution in [0.3, 0.4) is 0 Å². The van der Waals surface area contributed by atoms with Crippen LogP contribution in [0.5, 0.6) is 0 Å². The quantitative estimate of drug-likeness (QED) is 0.0203.